The maximum atomic E-state index is 13.8. The molecule has 0 amide bonds. The minimum atomic E-state index is -2.82. The maximum Gasteiger partial charge on any atom is 0.261 e. The molecule has 3 rings (SSSR count). The van der Waals surface area contributed by atoms with Crippen molar-refractivity contribution in [1.82, 2.24) is 0 Å². The Balaban J connectivity index is 2.07. The predicted octanol–water partition coefficient (Wildman–Crippen LogP) is 3.97. The topological polar surface area (TPSA) is 29.5 Å². The van der Waals surface area contributed by atoms with E-state index in [1.54, 1.807) is 0 Å². The summed E-state index contributed by atoms with van der Waals surface area (Å²) in [6, 6.07) is 20.0. The molecule has 0 unspecified atom stereocenters. The molecule has 0 aliphatic heterocycles. The van der Waals surface area contributed by atoms with E-state index in [9.17, 15) is 13.9 Å². The van der Waals surface area contributed by atoms with Crippen LogP contribution in [0.1, 0.15) is 33.6 Å². The third kappa shape index (κ3) is 3.60. The first-order valence-electron chi connectivity index (χ1n) is 9.42. The minimum Gasteiger partial charge on any atom is -0.407 e. The Morgan fingerprint density at radius 2 is 1.44 bits per heavy atom. The van der Waals surface area contributed by atoms with Crippen LogP contribution >= 0.6 is 0 Å². The van der Waals surface area contributed by atoms with Gasteiger partial charge in [-0.3, -0.25) is 0 Å². The van der Waals surface area contributed by atoms with Gasteiger partial charge in [-0.2, -0.15) is 0 Å². The van der Waals surface area contributed by atoms with Gasteiger partial charge in [-0.25, -0.2) is 8.78 Å². The highest BCUT2D eigenvalue weighted by Gasteiger charge is 2.56. The van der Waals surface area contributed by atoms with E-state index in [1.807, 2.05) is 36.4 Å². The fourth-order valence-corrected chi connectivity index (χ4v) is 8.91. The summed E-state index contributed by atoms with van der Waals surface area (Å²) in [5.74, 6) is 0. The molecule has 1 aliphatic carbocycles. The van der Waals surface area contributed by atoms with Crippen molar-refractivity contribution in [2.24, 2.45) is 5.41 Å². The van der Waals surface area contributed by atoms with Gasteiger partial charge in [0.2, 0.25) is 6.43 Å². The van der Waals surface area contributed by atoms with Crippen LogP contribution in [0.25, 0.3) is 0 Å². The number of rotatable bonds is 6. The number of hydrogen-bond acceptors (Lipinski definition) is 2. The largest absolute Gasteiger partial charge is 0.407 e. The molecular formula is C22H28F2O2Si. The monoisotopic (exact) mass is 390 g/mol. The highest BCUT2D eigenvalue weighted by atomic mass is 28.4. The number of halogens is 2. The van der Waals surface area contributed by atoms with Crippen LogP contribution in [-0.2, 0) is 4.43 Å². The molecule has 0 saturated heterocycles. The molecule has 0 radical (unpaired) electrons. The Morgan fingerprint density at radius 1 is 1.00 bits per heavy atom. The smallest absolute Gasteiger partial charge is 0.261 e. The van der Waals surface area contributed by atoms with Crippen LogP contribution in [0.15, 0.2) is 60.7 Å². The summed E-state index contributed by atoms with van der Waals surface area (Å²) in [5, 5.41) is 11.6. The average molecular weight is 391 g/mol. The first-order chi connectivity index (χ1) is 12.7. The van der Waals surface area contributed by atoms with Crippen LogP contribution in [0.4, 0.5) is 8.78 Å². The lowest BCUT2D eigenvalue weighted by Gasteiger charge is -2.49. The van der Waals surface area contributed by atoms with Crippen molar-refractivity contribution in [2.45, 2.75) is 51.2 Å². The number of aliphatic hydroxyl groups excluding tert-OH is 1. The standard InChI is InChI=1S/C22H28F2O2Si/c1-21(2,3)27(18-10-6-4-7-11-18,19-12-8-5-9-13-19)26-16-22(20(23)24)14-17(25)15-22/h4-13,17,20,25H,14-16H2,1-3H3. The second-order valence-electron chi connectivity index (χ2n) is 8.68. The van der Waals surface area contributed by atoms with Gasteiger partial charge in [0, 0.05) is 6.61 Å². The molecule has 0 heterocycles. The third-order valence-corrected chi connectivity index (χ3v) is 10.7. The normalized spacial score (nSPS) is 23.3. The third-order valence-electron chi connectivity index (χ3n) is 5.74. The highest BCUT2D eigenvalue weighted by molar-refractivity contribution is 6.99. The van der Waals surface area contributed by atoms with E-state index in [2.05, 4.69) is 45.0 Å². The van der Waals surface area contributed by atoms with E-state index in [4.69, 9.17) is 4.43 Å². The zero-order valence-corrected chi connectivity index (χ0v) is 17.2. The molecule has 2 nitrogen and oxygen atoms in total. The lowest BCUT2D eigenvalue weighted by molar-refractivity contribution is -0.145. The Hall–Kier alpha value is -1.56. The Morgan fingerprint density at radius 3 is 1.78 bits per heavy atom. The highest BCUT2D eigenvalue weighted by Crippen LogP contribution is 2.48. The molecule has 146 valence electrons. The van der Waals surface area contributed by atoms with E-state index in [0.29, 0.717) is 0 Å². The SMILES string of the molecule is CC(C)(C)[Si](OCC1(C(F)F)CC(O)C1)(c1ccccc1)c1ccccc1. The molecule has 1 aliphatic rings. The van der Waals surface area contributed by atoms with Crippen LogP contribution in [0, 0.1) is 5.41 Å². The van der Waals surface area contributed by atoms with Gasteiger partial charge in [0.15, 0.2) is 0 Å². The van der Waals surface area contributed by atoms with Crippen molar-refractivity contribution in [3.8, 4) is 0 Å². The minimum absolute atomic E-state index is 0.0327. The second kappa shape index (κ2) is 7.45. The summed E-state index contributed by atoms with van der Waals surface area (Å²) in [6.07, 6.45) is -2.95. The number of aliphatic hydroxyl groups is 1. The van der Waals surface area contributed by atoms with E-state index in [1.165, 1.54) is 0 Å². The summed E-state index contributed by atoms with van der Waals surface area (Å²) in [4.78, 5) is 0. The molecule has 0 aromatic heterocycles. The van der Waals surface area contributed by atoms with Crippen molar-refractivity contribution in [2.75, 3.05) is 6.61 Å². The first kappa shape index (κ1) is 20.2. The number of benzene rings is 2. The molecule has 2 aromatic rings. The van der Waals surface area contributed by atoms with Gasteiger partial charge < -0.3 is 9.53 Å². The average Bonchev–Trinajstić information content (AvgIpc) is 2.60. The summed E-state index contributed by atoms with van der Waals surface area (Å²) in [6.45, 7) is 6.35. The van der Waals surface area contributed by atoms with Crippen molar-refractivity contribution in [3.05, 3.63) is 60.7 Å². The van der Waals surface area contributed by atoms with Crippen LogP contribution < -0.4 is 10.4 Å². The van der Waals surface area contributed by atoms with Crippen molar-refractivity contribution < 1.29 is 18.3 Å². The van der Waals surface area contributed by atoms with Crippen LogP contribution in [0.2, 0.25) is 5.04 Å². The summed E-state index contributed by atoms with van der Waals surface area (Å²) < 4.78 is 34.2. The van der Waals surface area contributed by atoms with E-state index in [0.717, 1.165) is 10.4 Å². The number of hydrogen-bond donors (Lipinski definition) is 1. The van der Waals surface area contributed by atoms with Gasteiger partial charge in [0.05, 0.1) is 11.5 Å². The molecule has 2 aromatic carbocycles. The zero-order chi connectivity index (χ0) is 19.7. The predicted molar refractivity (Wildman–Crippen MR) is 107 cm³/mol. The van der Waals surface area contributed by atoms with E-state index >= 15 is 0 Å². The van der Waals surface area contributed by atoms with Crippen molar-refractivity contribution in [3.63, 3.8) is 0 Å². The van der Waals surface area contributed by atoms with Crippen molar-refractivity contribution in [1.29, 1.82) is 0 Å². The summed E-state index contributed by atoms with van der Waals surface area (Å²) in [7, 11) is -2.82. The van der Waals surface area contributed by atoms with E-state index in [-0.39, 0.29) is 24.5 Å². The van der Waals surface area contributed by atoms with Gasteiger partial charge in [-0.05, 0) is 28.3 Å². The fourth-order valence-electron chi connectivity index (χ4n) is 4.25. The molecule has 0 atom stereocenters. The molecule has 0 bridgehead atoms. The van der Waals surface area contributed by atoms with E-state index < -0.39 is 26.3 Å². The van der Waals surface area contributed by atoms with Crippen LogP contribution in [-0.4, -0.2) is 32.6 Å². The van der Waals surface area contributed by atoms with Gasteiger partial charge in [0.1, 0.15) is 0 Å². The van der Waals surface area contributed by atoms with Gasteiger partial charge in [-0.1, -0.05) is 81.4 Å². The summed E-state index contributed by atoms with van der Waals surface area (Å²) in [5.41, 5.74) is -1.24. The van der Waals surface area contributed by atoms with Gasteiger partial charge in [0.25, 0.3) is 8.32 Å². The Labute approximate surface area is 161 Å². The molecule has 1 N–H and O–H groups in total. The lowest BCUT2D eigenvalue weighted by Crippen LogP contribution is -2.68. The lowest BCUT2D eigenvalue weighted by atomic mass is 9.67. The first-order valence-corrected chi connectivity index (χ1v) is 11.3. The molecule has 1 saturated carbocycles. The van der Waals surface area contributed by atoms with Crippen LogP contribution in [0.3, 0.4) is 0 Å². The Kier molecular flexibility index (Phi) is 5.57. The van der Waals surface area contributed by atoms with Gasteiger partial charge >= 0.3 is 0 Å². The number of alkyl halides is 2. The quantitative estimate of drug-likeness (QED) is 0.757. The molecule has 27 heavy (non-hydrogen) atoms. The zero-order valence-electron chi connectivity index (χ0n) is 16.2. The van der Waals surface area contributed by atoms with Crippen LogP contribution in [0.5, 0.6) is 0 Å². The fraction of sp³-hybridized carbons (Fsp3) is 0.455. The molecule has 5 heteroatoms. The maximum absolute atomic E-state index is 13.8. The Bertz CT molecular complexity index is 698. The molecule has 1 fully saturated rings. The molecule has 0 spiro atoms. The summed E-state index contributed by atoms with van der Waals surface area (Å²) >= 11 is 0. The second-order valence-corrected chi connectivity index (χ2v) is 13.0. The molecular weight excluding hydrogens is 362 g/mol. The van der Waals surface area contributed by atoms with Crippen molar-refractivity contribution >= 4 is 18.7 Å². The van der Waals surface area contributed by atoms with Gasteiger partial charge in [-0.15, -0.1) is 0 Å².